The summed E-state index contributed by atoms with van der Waals surface area (Å²) in [6.07, 6.45) is -0.911. The number of ether oxygens (including phenoxy) is 1. The van der Waals surface area contributed by atoms with Gasteiger partial charge in [-0.15, -0.1) is 0 Å². The second-order valence-electron chi connectivity index (χ2n) is 5.47. The Bertz CT molecular complexity index is 617. The number of amides is 1. The van der Waals surface area contributed by atoms with E-state index in [-0.39, 0.29) is 13.2 Å². The fourth-order valence-electron chi connectivity index (χ4n) is 2.61. The molecule has 1 aliphatic rings. The number of rotatable bonds is 4. The Labute approximate surface area is 129 Å². The van der Waals surface area contributed by atoms with Crippen molar-refractivity contribution >= 4 is 6.09 Å². The fourth-order valence-corrected chi connectivity index (χ4v) is 2.61. The van der Waals surface area contributed by atoms with Crippen molar-refractivity contribution in [2.24, 2.45) is 0 Å². The van der Waals surface area contributed by atoms with Crippen LogP contribution < -0.4 is 0 Å². The first-order valence-corrected chi connectivity index (χ1v) is 7.39. The van der Waals surface area contributed by atoms with Crippen LogP contribution in [0.25, 0.3) is 0 Å². The number of likely N-dealkylation sites (tertiary alicyclic amines) is 1. The molecule has 2 atom stereocenters. The van der Waals surface area contributed by atoms with Crippen LogP contribution in [0.4, 0.5) is 9.18 Å². The zero-order valence-electron chi connectivity index (χ0n) is 12.2. The van der Waals surface area contributed by atoms with Gasteiger partial charge in [0.15, 0.2) is 0 Å². The molecule has 0 aliphatic carbocycles. The zero-order chi connectivity index (χ0) is 15.4. The molecule has 0 bridgehead atoms. The van der Waals surface area contributed by atoms with E-state index in [1.807, 2.05) is 60.7 Å². The van der Waals surface area contributed by atoms with E-state index in [0.717, 1.165) is 11.1 Å². The molecular weight excluding hydrogens is 281 g/mol. The maximum absolute atomic E-state index is 13.8. The van der Waals surface area contributed by atoms with Crippen LogP contribution in [0.3, 0.4) is 0 Å². The first kappa shape index (κ1) is 14.6. The maximum Gasteiger partial charge on any atom is 0.410 e. The van der Waals surface area contributed by atoms with Crippen molar-refractivity contribution in [1.29, 1.82) is 0 Å². The summed E-state index contributed by atoms with van der Waals surface area (Å²) in [4.78, 5) is 13.6. The van der Waals surface area contributed by atoms with E-state index in [1.54, 1.807) is 0 Å². The summed E-state index contributed by atoms with van der Waals surface area (Å²) in [5, 5.41) is 0. The van der Waals surface area contributed by atoms with Gasteiger partial charge in [-0.2, -0.15) is 0 Å². The third-order valence-corrected chi connectivity index (χ3v) is 3.92. The van der Waals surface area contributed by atoms with E-state index in [0.29, 0.717) is 6.42 Å². The molecule has 114 valence electrons. The van der Waals surface area contributed by atoms with Gasteiger partial charge >= 0.3 is 6.09 Å². The number of nitrogens with zero attached hydrogens (tertiary/aromatic N) is 1. The summed E-state index contributed by atoms with van der Waals surface area (Å²) in [5.41, 5.74) is 1.95. The number of carbonyl (C=O) groups excluding carboxylic acids is 1. The van der Waals surface area contributed by atoms with Gasteiger partial charge < -0.3 is 4.74 Å². The Morgan fingerprint density at radius 3 is 2.23 bits per heavy atom. The van der Waals surface area contributed by atoms with Gasteiger partial charge in [0.25, 0.3) is 0 Å². The van der Waals surface area contributed by atoms with Crippen LogP contribution in [0.15, 0.2) is 60.7 Å². The summed E-state index contributed by atoms with van der Waals surface area (Å²) >= 11 is 0. The van der Waals surface area contributed by atoms with E-state index in [9.17, 15) is 9.18 Å². The first-order chi connectivity index (χ1) is 10.7. The number of hydrogen-bond acceptors (Lipinski definition) is 2. The van der Waals surface area contributed by atoms with Crippen molar-refractivity contribution in [2.75, 3.05) is 6.54 Å². The minimum Gasteiger partial charge on any atom is -0.445 e. The van der Waals surface area contributed by atoms with Crippen LogP contribution in [-0.4, -0.2) is 29.8 Å². The number of benzene rings is 2. The molecule has 0 N–H and O–H groups in total. The highest BCUT2D eigenvalue weighted by Gasteiger charge is 2.43. The van der Waals surface area contributed by atoms with Crippen molar-refractivity contribution in [1.82, 2.24) is 4.90 Å². The van der Waals surface area contributed by atoms with E-state index in [1.165, 1.54) is 4.90 Å². The maximum atomic E-state index is 13.8. The molecule has 0 unspecified atom stereocenters. The standard InChI is InChI=1S/C18H18FNO2/c19-16-12-20(17(16)11-14-7-3-1-4-8-14)18(21)22-13-15-9-5-2-6-10-15/h1-10,16-17H,11-13H2/t16-,17-/m1/s1. The molecule has 0 saturated carbocycles. The lowest BCUT2D eigenvalue weighted by molar-refractivity contribution is -0.0132. The topological polar surface area (TPSA) is 29.5 Å². The minimum atomic E-state index is -0.982. The Morgan fingerprint density at radius 2 is 1.64 bits per heavy atom. The molecule has 0 spiro atoms. The molecule has 0 aromatic heterocycles. The van der Waals surface area contributed by atoms with Gasteiger partial charge in [-0.05, 0) is 17.5 Å². The Morgan fingerprint density at radius 1 is 1.05 bits per heavy atom. The van der Waals surface area contributed by atoms with Crippen LogP contribution in [0.2, 0.25) is 0 Å². The van der Waals surface area contributed by atoms with Gasteiger partial charge in [0.05, 0.1) is 12.6 Å². The molecule has 1 heterocycles. The van der Waals surface area contributed by atoms with Crippen LogP contribution in [-0.2, 0) is 17.8 Å². The third-order valence-electron chi connectivity index (χ3n) is 3.92. The van der Waals surface area contributed by atoms with Gasteiger partial charge in [-0.1, -0.05) is 60.7 Å². The number of carbonyl (C=O) groups is 1. The lowest BCUT2D eigenvalue weighted by atomic mass is 9.94. The van der Waals surface area contributed by atoms with E-state index in [2.05, 4.69) is 0 Å². The fraction of sp³-hybridized carbons (Fsp3) is 0.278. The number of halogens is 1. The normalized spacial score (nSPS) is 20.3. The molecule has 4 heteroatoms. The summed E-state index contributed by atoms with van der Waals surface area (Å²) in [5.74, 6) is 0. The second-order valence-corrected chi connectivity index (χ2v) is 5.47. The van der Waals surface area contributed by atoms with Gasteiger partial charge in [-0.3, -0.25) is 4.90 Å². The average molecular weight is 299 g/mol. The molecule has 0 radical (unpaired) electrons. The first-order valence-electron chi connectivity index (χ1n) is 7.39. The molecular formula is C18H18FNO2. The van der Waals surface area contributed by atoms with Gasteiger partial charge in [0, 0.05) is 0 Å². The summed E-state index contributed by atoms with van der Waals surface area (Å²) in [7, 11) is 0. The van der Waals surface area contributed by atoms with Crippen LogP contribution >= 0.6 is 0 Å². The molecule has 2 aromatic rings. The summed E-state index contributed by atoms with van der Waals surface area (Å²) in [6.45, 7) is 0.330. The highest BCUT2D eigenvalue weighted by Crippen LogP contribution is 2.26. The average Bonchev–Trinajstić information content (AvgIpc) is 2.57. The van der Waals surface area contributed by atoms with Crippen LogP contribution in [0.5, 0.6) is 0 Å². The van der Waals surface area contributed by atoms with Crippen molar-refractivity contribution in [2.45, 2.75) is 25.2 Å². The Balaban J connectivity index is 1.56. The van der Waals surface area contributed by atoms with Gasteiger partial charge in [0.2, 0.25) is 0 Å². The van der Waals surface area contributed by atoms with Crippen molar-refractivity contribution < 1.29 is 13.9 Å². The smallest absolute Gasteiger partial charge is 0.410 e. The molecule has 1 fully saturated rings. The van der Waals surface area contributed by atoms with Gasteiger partial charge in [0.1, 0.15) is 12.8 Å². The lowest BCUT2D eigenvalue weighted by Crippen LogP contribution is -2.61. The third kappa shape index (κ3) is 3.27. The molecule has 1 amide bonds. The molecule has 22 heavy (non-hydrogen) atoms. The molecule has 3 rings (SSSR count). The summed E-state index contributed by atoms with van der Waals surface area (Å²) in [6, 6.07) is 18.7. The quantitative estimate of drug-likeness (QED) is 0.863. The Kier molecular flexibility index (Phi) is 4.37. The highest BCUT2D eigenvalue weighted by molar-refractivity contribution is 5.69. The van der Waals surface area contributed by atoms with Crippen molar-refractivity contribution in [3.8, 4) is 0 Å². The minimum absolute atomic E-state index is 0.116. The monoisotopic (exact) mass is 299 g/mol. The van der Waals surface area contributed by atoms with E-state index in [4.69, 9.17) is 4.74 Å². The highest BCUT2D eigenvalue weighted by atomic mass is 19.1. The van der Waals surface area contributed by atoms with E-state index >= 15 is 0 Å². The zero-order valence-corrected chi connectivity index (χ0v) is 12.2. The number of hydrogen-bond donors (Lipinski definition) is 0. The molecule has 1 saturated heterocycles. The van der Waals surface area contributed by atoms with Crippen molar-refractivity contribution in [3.63, 3.8) is 0 Å². The molecule has 1 aliphatic heterocycles. The summed E-state index contributed by atoms with van der Waals surface area (Å²) < 4.78 is 19.1. The molecule has 3 nitrogen and oxygen atoms in total. The van der Waals surface area contributed by atoms with Gasteiger partial charge in [-0.25, -0.2) is 9.18 Å². The van der Waals surface area contributed by atoms with Crippen LogP contribution in [0, 0.1) is 0 Å². The lowest BCUT2D eigenvalue weighted by Gasteiger charge is -2.43. The predicted octanol–water partition coefficient (Wildman–Crippen LogP) is 3.59. The second kappa shape index (κ2) is 6.60. The van der Waals surface area contributed by atoms with Crippen LogP contribution in [0.1, 0.15) is 11.1 Å². The number of alkyl halides is 1. The SMILES string of the molecule is O=C(OCc1ccccc1)N1C[C@@H](F)[C@H]1Cc1ccccc1. The predicted molar refractivity (Wildman–Crippen MR) is 82.2 cm³/mol. The van der Waals surface area contributed by atoms with E-state index < -0.39 is 18.3 Å². The Hall–Kier alpha value is -2.36. The largest absolute Gasteiger partial charge is 0.445 e. The van der Waals surface area contributed by atoms with Crippen molar-refractivity contribution in [3.05, 3.63) is 71.8 Å². The molecule has 2 aromatic carbocycles.